The standard InChI is InChI=1S/C10H20F2N2/c1-8(2)14-6-5-9(13(3)4)10(11,12)7-14/h8-9H,5-7H2,1-4H3/t9-/m0/s1. The van der Waals surface area contributed by atoms with Gasteiger partial charge in [-0.25, -0.2) is 8.78 Å². The lowest BCUT2D eigenvalue weighted by atomic mass is 9.99. The molecular weight excluding hydrogens is 186 g/mol. The second-order valence-corrected chi connectivity index (χ2v) is 4.59. The van der Waals surface area contributed by atoms with E-state index in [0.717, 1.165) is 6.54 Å². The van der Waals surface area contributed by atoms with Gasteiger partial charge < -0.3 is 4.90 Å². The van der Waals surface area contributed by atoms with Crippen molar-refractivity contribution in [1.29, 1.82) is 0 Å². The van der Waals surface area contributed by atoms with Gasteiger partial charge in [0.15, 0.2) is 0 Å². The van der Waals surface area contributed by atoms with Gasteiger partial charge in [-0.1, -0.05) is 0 Å². The zero-order valence-corrected chi connectivity index (χ0v) is 9.43. The number of rotatable bonds is 2. The van der Waals surface area contributed by atoms with Crippen LogP contribution in [0.25, 0.3) is 0 Å². The number of alkyl halides is 2. The third-order valence-electron chi connectivity index (χ3n) is 2.94. The van der Waals surface area contributed by atoms with E-state index in [1.54, 1.807) is 19.0 Å². The van der Waals surface area contributed by atoms with Gasteiger partial charge in [0.05, 0.1) is 12.6 Å². The third-order valence-corrected chi connectivity index (χ3v) is 2.94. The zero-order chi connectivity index (χ0) is 10.9. The highest BCUT2D eigenvalue weighted by Gasteiger charge is 2.45. The molecule has 1 rings (SSSR count). The van der Waals surface area contributed by atoms with Gasteiger partial charge in [0.2, 0.25) is 0 Å². The monoisotopic (exact) mass is 206 g/mol. The molecule has 0 bridgehead atoms. The highest BCUT2D eigenvalue weighted by molar-refractivity contribution is 4.92. The van der Waals surface area contributed by atoms with Crippen LogP contribution in [0.5, 0.6) is 0 Å². The van der Waals surface area contributed by atoms with Crippen LogP contribution in [0.3, 0.4) is 0 Å². The SMILES string of the molecule is CC(C)N1CC[C@H](N(C)C)C(F)(F)C1. The highest BCUT2D eigenvalue weighted by atomic mass is 19.3. The van der Waals surface area contributed by atoms with E-state index < -0.39 is 12.0 Å². The van der Waals surface area contributed by atoms with Gasteiger partial charge in [0, 0.05) is 12.6 Å². The Labute approximate surface area is 84.9 Å². The van der Waals surface area contributed by atoms with Crippen LogP contribution < -0.4 is 0 Å². The van der Waals surface area contributed by atoms with Crippen molar-refractivity contribution in [3.8, 4) is 0 Å². The largest absolute Gasteiger partial charge is 0.301 e. The Kier molecular flexibility index (Phi) is 3.48. The molecule has 4 heteroatoms. The molecule has 0 saturated carbocycles. The molecule has 14 heavy (non-hydrogen) atoms. The lowest BCUT2D eigenvalue weighted by molar-refractivity contribution is -0.122. The van der Waals surface area contributed by atoms with E-state index in [0.29, 0.717) is 6.42 Å². The van der Waals surface area contributed by atoms with Crippen LogP contribution in [0.15, 0.2) is 0 Å². The molecule has 0 N–H and O–H groups in total. The van der Waals surface area contributed by atoms with Gasteiger partial charge in [0.25, 0.3) is 5.92 Å². The molecule has 84 valence electrons. The summed E-state index contributed by atoms with van der Waals surface area (Å²) in [4.78, 5) is 3.48. The van der Waals surface area contributed by atoms with Crippen LogP contribution in [-0.4, -0.2) is 55.0 Å². The molecule has 0 amide bonds. The van der Waals surface area contributed by atoms with Crippen LogP contribution >= 0.6 is 0 Å². The first kappa shape index (κ1) is 11.9. The molecule has 1 atom stereocenters. The van der Waals surface area contributed by atoms with Gasteiger partial charge >= 0.3 is 0 Å². The number of hydrogen-bond donors (Lipinski definition) is 0. The summed E-state index contributed by atoms with van der Waals surface area (Å²) >= 11 is 0. The molecule has 0 aromatic rings. The van der Waals surface area contributed by atoms with Crippen LogP contribution in [0.4, 0.5) is 8.78 Å². The van der Waals surface area contributed by atoms with Crippen LogP contribution in [0.1, 0.15) is 20.3 Å². The van der Waals surface area contributed by atoms with Crippen LogP contribution in [0.2, 0.25) is 0 Å². The number of hydrogen-bond acceptors (Lipinski definition) is 2. The first-order valence-corrected chi connectivity index (χ1v) is 5.13. The van der Waals surface area contributed by atoms with E-state index in [1.165, 1.54) is 0 Å². The number of piperidine rings is 1. The Balaban J connectivity index is 2.65. The summed E-state index contributed by atoms with van der Waals surface area (Å²) < 4.78 is 27.3. The molecule has 1 aliphatic heterocycles. The molecule has 2 nitrogen and oxygen atoms in total. The average molecular weight is 206 g/mol. The Morgan fingerprint density at radius 3 is 2.29 bits per heavy atom. The van der Waals surface area contributed by atoms with E-state index >= 15 is 0 Å². The first-order chi connectivity index (χ1) is 6.34. The van der Waals surface area contributed by atoms with Crippen molar-refractivity contribution in [2.45, 2.75) is 38.3 Å². The van der Waals surface area contributed by atoms with Gasteiger partial charge in [-0.15, -0.1) is 0 Å². The van der Waals surface area contributed by atoms with Gasteiger partial charge in [0.1, 0.15) is 0 Å². The van der Waals surface area contributed by atoms with Crippen LogP contribution in [-0.2, 0) is 0 Å². The Bertz CT molecular complexity index is 193. The minimum atomic E-state index is -2.58. The second kappa shape index (κ2) is 4.11. The summed E-state index contributed by atoms with van der Waals surface area (Å²) in [7, 11) is 3.45. The lowest BCUT2D eigenvalue weighted by Crippen LogP contribution is -2.57. The van der Waals surface area contributed by atoms with Gasteiger partial charge in [-0.2, -0.15) is 0 Å². The Hall–Kier alpha value is -0.220. The maximum atomic E-state index is 13.6. The van der Waals surface area contributed by atoms with E-state index in [9.17, 15) is 8.78 Å². The van der Waals surface area contributed by atoms with Crippen molar-refractivity contribution in [3.05, 3.63) is 0 Å². The van der Waals surface area contributed by atoms with Gasteiger partial charge in [-0.3, -0.25) is 4.90 Å². The maximum absolute atomic E-state index is 13.6. The minimum absolute atomic E-state index is 0.104. The molecule has 0 radical (unpaired) electrons. The summed E-state index contributed by atoms with van der Waals surface area (Å²) in [6.07, 6.45) is 0.554. The highest BCUT2D eigenvalue weighted by Crippen LogP contribution is 2.30. The average Bonchev–Trinajstić information content (AvgIpc) is 2.01. The number of nitrogens with zero attached hydrogens (tertiary/aromatic N) is 2. The van der Waals surface area contributed by atoms with E-state index in [-0.39, 0.29) is 12.6 Å². The zero-order valence-electron chi connectivity index (χ0n) is 9.43. The Morgan fingerprint density at radius 1 is 1.36 bits per heavy atom. The minimum Gasteiger partial charge on any atom is -0.301 e. The summed E-state index contributed by atoms with van der Waals surface area (Å²) in [5.74, 6) is -2.58. The topological polar surface area (TPSA) is 6.48 Å². The number of halogens is 2. The smallest absolute Gasteiger partial charge is 0.275 e. The fourth-order valence-electron chi connectivity index (χ4n) is 2.03. The molecule has 1 aliphatic rings. The fraction of sp³-hybridized carbons (Fsp3) is 1.00. The molecular formula is C10H20F2N2. The molecule has 0 aromatic carbocycles. The molecule has 1 fully saturated rings. The quantitative estimate of drug-likeness (QED) is 0.678. The predicted octanol–water partition coefficient (Wildman–Crippen LogP) is 1.67. The van der Waals surface area contributed by atoms with Crippen LogP contribution in [0, 0.1) is 0 Å². The molecule has 0 spiro atoms. The van der Waals surface area contributed by atoms with Crippen molar-refractivity contribution in [3.63, 3.8) is 0 Å². The van der Waals surface area contributed by atoms with E-state index in [1.807, 2.05) is 18.7 Å². The molecule has 0 aromatic heterocycles. The molecule has 0 unspecified atom stereocenters. The fourth-order valence-corrected chi connectivity index (χ4v) is 2.03. The second-order valence-electron chi connectivity index (χ2n) is 4.59. The predicted molar refractivity (Wildman–Crippen MR) is 53.7 cm³/mol. The summed E-state index contributed by atoms with van der Waals surface area (Å²) in [6.45, 7) is 4.60. The normalized spacial score (nSPS) is 28.7. The molecule has 0 aliphatic carbocycles. The third kappa shape index (κ3) is 2.42. The molecule has 1 saturated heterocycles. The van der Waals surface area contributed by atoms with Crippen molar-refractivity contribution in [2.24, 2.45) is 0 Å². The van der Waals surface area contributed by atoms with E-state index in [4.69, 9.17) is 0 Å². The van der Waals surface area contributed by atoms with Crippen molar-refractivity contribution in [2.75, 3.05) is 27.2 Å². The lowest BCUT2D eigenvalue weighted by Gasteiger charge is -2.42. The van der Waals surface area contributed by atoms with Crippen molar-refractivity contribution in [1.82, 2.24) is 9.80 Å². The van der Waals surface area contributed by atoms with Crippen molar-refractivity contribution < 1.29 is 8.78 Å². The number of likely N-dealkylation sites (tertiary alicyclic amines) is 1. The Morgan fingerprint density at radius 2 is 1.93 bits per heavy atom. The maximum Gasteiger partial charge on any atom is 0.275 e. The van der Waals surface area contributed by atoms with Crippen molar-refractivity contribution >= 4 is 0 Å². The molecule has 1 heterocycles. The van der Waals surface area contributed by atoms with E-state index in [2.05, 4.69) is 0 Å². The van der Waals surface area contributed by atoms with Gasteiger partial charge in [-0.05, 0) is 34.4 Å². The summed E-state index contributed by atoms with van der Waals surface area (Å²) in [5.41, 5.74) is 0. The summed E-state index contributed by atoms with van der Waals surface area (Å²) in [5, 5.41) is 0. The summed E-state index contributed by atoms with van der Waals surface area (Å²) in [6, 6.07) is -0.388. The first-order valence-electron chi connectivity index (χ1n) is 5.13.